The Kier molecular flexibility index (Phi) is 4.89. The third-order valence-electron chi connectivity index (χ3n) is 5.23. The first-order valence-corrected chi connectivity index (χ1v) is 7.92. The third kappa shape index (κ3) is 3.60. The van der Waals surface area contributed by atoms with Crippen molar-refractivity contribution in [3.63, 3.8) is 0 Å². The second-order valence-electron chi connectivity index (χ2n) is 7.09. The zero-order valence-electron chi connectivity index (χ0n) is 12.3. The molecule has 0 spiro atoms. The molecule has 0 saturated heterocycles. The number of hydrogen-bond acceptors (Lipinski definition) is 1. The van der Waals surface area contributed by atoms with Gasteiger partial charge in [0.1, 0.15) is 0 Å². The van der Waals surface area contributed by atoms with E-state index in [4.69, 9.17) is 0 Å². The Labute approximate surface area is 113 Å². The Morgan fingerprint density at radius 1 is 0.778 bits per heavy atom. The van der Waals surface area contributed by atoms with Crippen LogP contribution in [-0.4, -0.2) is 11.2 Å². The maximum Gasteiger partial charge on any atom is 0.0605 e. The summed E-state index contributed by atoms with van der Waals surface area (Å²) in [5, 5.41) is 10.1. The number of aliphatic hydroxyl groups is 1. The van der Waals surface area contributed by atoms with Crippen LogP contribution in [-0.2, 0) is 0 Å². The summed E-state index contributed by atoms with van der Waals surface area (Å²) in [5.41, 5.74) is 0. The van der Waals surface area contributed by atoms with Gasteiger partial charge in [0.15, 0.2) is 0 Å². The lowest BCUT2D eigenvalue weighted by atomic mass is 9.74. The first-order valence-electron chi connectivity index (χ1n) is 7.92. The molecule has 0 aromatic carbocycles. The largest absolute Gasteiger partial charge is 0.393 e. The summed E-state index contributed by atoms with van der Waals surface area (Å²) in [6.45, 7) is 7.03. The van der Waals surface area contributed by atoms with E-state index in [1.807, 2.05) is 0 Å². The fourth-order valence-corrected chi connectivity index (χ4v) is 3.86. The molecule has 2 rings (SSSR count). The molecule has 0 bridgehead atoms. The van der Waals surface area contributed by atoms with Gasteiger partial charge in [0.2, 0.25) is 0 Å². The third-order valence-corrected chi connectivity index (χ3v) is 5.23. The predicted molar refractivity (Wildman–Crippen MR) is 77.3 cm³/mol. The van der Waals surface area contributed by atoms with Crippen molar-refractivity contribution in [2.75, 3.05) is 0 Å². The topological polar surface area (TPSA) is 20.2 Å². The highest BCUT2D eigenvalue weighted by molar-refractivity contribution is 4.99. The molecule has 0 amide bonds. The molecule has 18 heavy (non-hydrogen) atoms. The molecule has 1 heteroatoms. The van der Waals surface area contributed by atoms with Crippen molar-refractivity contribution in [3.05, 3.63) is 12.2 Å². The van der Waals surface area contributed by atoms with Crippen LogP contribution < -0.4 is 0 Å². The predicted octanol–water partition coefficient (Wildman–Crippen LogP) is 4.41. The summed E-state index contributed by atoms with van der Waals surface area (Å²) in [7, 11) is 0. The van der Waals surface area contributed by atoms with Gasteiger partial charge in [-0.2, -0.15) is 0 Å². The number of rotatable bonds is 2. The SMILES string of the molecule is CC1CCC(/C=C/C2CCC(C)CC2O)C(C)C1. The summed E-state index contributed by atoms with van der Waals surface area (Å²) in [6, 6.07) is 0. The molecule has 2 saturated carbocycles. The van der Waals surface area contributed by atoms with Gasteiger partial charge in [-0.15, -0.1) is 0 Å². The van der Waals surface area contributed by atoms with E-state index in [9.17, 15) is 5.11 Å². The molecule has 6 unspecified atom stereocenters. The highest BCUT2D eigenvalue weighted by Gasteiger charge is 2.27. The van der Waals surface area contributed by atoms with E-state index in [1.165, 1.54) is 32.1 Å². The fraction of sp³-hybridized carbons (Fsp3) is 0.882. The van der Waals surface area contributed by atoms with Crippen molar-refractivity contribution < 1.29 is 5.11 Å². The van der Waals surface area contributed by atoms with E-state index in [2.05, 4.69) is 32.9 Å². The van der Waals surface area contributed by atoms with Gasteiger partial charge in [0.05, 0.1) is 6.10 Å². The zero-order chi connectivity index (χ0) is 13.1. The van der Waals surface area contributed by atoms with Crippen LogP contribution in [0.25, 0.3) is 0 Å². The highest BCUT2D eigenvalue weighted by Crippen LogP contribution is 2.35. The van der Waals surface area contributed by atoms with Crippen LogP contribution in [0.3, 0.4) is 0 Å². The summed E-state index contributed by atoms with van der Waals surface area (Å²) in [4.78, 5) is 0. The van der Waals surface area contributed by atoms with Crippen LogP contribution in [0.15, 0.2) is 12.2 Å². The van der Waals surface area contributed by atoms with Gasteiger partial charge in [0, 0.05) is 5.92 Å². The normalized spacial score (nSPS) is 46.4. The summed E-state index contributed by atoms with van der Waals surface area (Å²) in [6.07, 6.45) is 12.2. The molecule has 0 aliphatic heterocycles. The van der Waals surface area contributed by atoms with Crippen LogP contribution >= 0.6 is 0 Å². The molecule has 1 N–H and O–H groups in total. The summed E-state index contributed by atoms with van der Waals surface area (Å²) >= 11 is 0. The molecule has 0 radical (unpaired) electrons. The lowest BCUT2D eigenvalue weighted by molar-refractivity contribution is 0.0699. The molecular formula is C17H30O. The average Bonchev–Trinajstić information content (AvgIpc) is 2.30. The van der Waals surface area contributed by atoms with Crippen molar-refractivity contribution in [1.82, 2.24) is 0 Å². The van der Waals surface area contributed by atoms with E-state index >= 15 is 0 Å². The Hall–Kier alpha value is -0.300. The second kappa shape index (κ2) is 6.23. The van der Waals surface area contributed by atoms with Crippen molar-refractivity contribution in [1.29, 1.82) is 0 Å². The summed E-state index contributed by atoms with van der Waals surface area (Å²) < 4.78 is 0. The maximum atomic E-state index is 10.1. The van der Waals surface area contributed by atoms with Crippen LogP contribution in [0.5, 0.6) is 0 Å². The van der Waals surface area contributed by atoms with E-state index in [-0.39, 0.29) is 6.10 Å². The summed E-state index contributed by atoms with van der Waals surface area (Å²) in [5.74, 6) is 3.62. The highest BCUT2D eigenvalue weighted by atomic mass is 16.3. The minimum absolute atomic E-state index is 0.0946. The molecule has 2 aliphatic rings. The minimum Gasteiger partial charge on any atom is -0.393 e. The van der Waals surface area contributed by atoms with Crippen LogP contribution in [0.4, 0.5) is 0 Å². The van der Waals surface area contributed by atoms with Gasteiger partial charge in [-0.25, -0.2) is 0 Å². The molecule has 0 heterocycles. The molecular weight excluding hydrogens is 220 g/mol. The van der Waals surface area contributed by atoms with Crippen LogP contribution in [0.2, 0.25) is 0 Å². The number of allylic oxidation sites excluding steroid dienone is 1. The van der Waals surface area contributed by atoms with Crippen molar-refractivity contribution >= 4 is 0 Å². The number of aliphatic hydroxyl groups excluding tert-OH is 1. The van der Waals surface area contributed by atoms with Gasteiger partial charge in [-0.1, -0.05) is 39.3 Å². The standard InChI is InChI=1S/C17H30O/c1-12-4-6-15(14(3)10-12)8-9-16-7-5-13(2)11-17(16)18/h8-9,12-18H,4-7,10-11H2,1-3H3/b9-8+. The molecule has 1 nitrogen and oxygen atoms in total. The van der Waals surface area contributed by atoms with Gasteiger partial charge in [0.25, 0.3) is 0 Å². The average molecular weight is 250 g/mol. The van der Waals surface area contributed by atoms with E-state index in [1.54, 1.807) is 0 Å². The van der Waals surface area contributed by atoms with Crippen molar-refractivity contribution in [2.24, 2.45) is 29.6 Å². The quantitative estimate of drug-likeness (QED) is 0.720. The first-order chi connectivity index (χ1) is 8.56. The van der Waals surface area contributed by atoms with Crippen LogP contribution in [0, 0.1) is 29.6 Å². The van der Waals surface area contributed by atoms with E-state index in [0.29, 0.717) is 11.8 Å². The zero-order valence-corrected chi connectivity index (χ0v) is 12.3. The van der Waals surface area contributed by atoms with E-state index < -0.39 is 0 Å². The first kappa shape index (κ1) is 14.1. The molecule has 6 atom stereocenters. The Morgan fingerprint density at radius 2 is 1.33 bits per heavy atom. The van der Waals surface area contributed by atoms with Gasteiger partial charge in [-0.05, 0) is 55.8 Å². The molecule has 104 valence electrons. The molecule has 2 aliphatic carbocycles. The van der Waals surface area contributed by atoms with E-state index in [0.717, 1.165) is 24.2 Å². The Bertz CT molecular complexity index is 255. The van der Waals surface area contributed by atoms with Gasteiger partial charge >= 0.3 is 0 Å². The molecule has 0 aromatic rings. The monoisotopic (exact) mass is 250 g/mol. The fourth-order valence-electron chi connectivity index (χ4n) is 3.86. The Morgan fingerprint density at radius 3 is 1.94 bits per heavy atom. The Balaban J connectivity index is 1.86. The smallest absolute Gasteiger partial charge is 0.0605 e. The second-order valence-corrected chi connectivity index (χ2v) is 7.09. The van der Waals surface area contributed by atoms with Crippen LogP contribution in [0.1, 0.15) is 59.3 Å². The molecule has 0 aromatic heterocycles. The minimum atomic E-state index is -0.0946. The van der Waals surface area contributed by atoms with Gasteiger partial charge < -0.3 is 5.11 Å². The maximum absolute atomic E-state index is 10.1. The number of hydrogen-bond donors (Lipinski definition) is 1. The van der Waals surface area contributed by atoms with Gasteiger partial charge in [-0.3, -0.25) is 0 Å². The van der Waals surface area contributed by atoms with Crippen molar-refractivity contribution in [3.8, 4) is 0 Å². The van der Waals surface area contributed by atoms with Crippen molar-refractivity contribution in [2.45, 2.75) is 65.4 Å². The lowest BCUT2D eigenvalue weighted by Crippen LogP contribution is -2.27. The lowest BCUT2D eigenvalue weighted by Gasteiger charge is -2.32. The molecule has 2 fully saturated rings.